The molecular weight excluding hydrogens is 434 g/mol. The van der Waals surface area contributed by atoms with E-state index in [2.05, 4.69) is 33.9 Å². The molecule has 3 rings (SSSR count). The molecule has 0 bridgehead atoms. The average molecular weight is 464 g/mol. The number of carbonyl (C=O) groups is 2. The number of benzene rings is 3. The Bertz CT molecular complexity index is 1090. The molecule has 3 aromatic carbocycles. The van der Waals surface area contributed by atoms with Crippen LogP contribution in [0.4, 0.5) is 10.5 Å². The van der Waals surface area contributed by atoms with Crippen molar-refractivity contribution in [3.63, 3.8) is 0 Å². The van der Waals surface area contributed by atoms with Crippen LogP contribution in [0.25, 0.3) is 11.1 Å². The summed E-state index contributed by atoms with van der Waals surface area (Å²) in [5.74, 6) is -0.577. The Kier molecular flexibility index (Phi) is 8.34. The zero-order valence-corrected chi connectivity index (χ0v) is 19.3. The number of nitrogens with zero attached hydrogens (tertiary/aromatic N) is 1. The summed E-state index contributed by atoms with van der Waals surface area (Å²) in [5, 5.41) is 0. The number of hydrogen-bond donors (Lipinski definition) is 4. The van der Waals surface area contributed by atoms with Gasteiger partial charge in [-0.05, 0) is 66.2 Å². The van der Waals surface area contributed by atoms with Crippen molar-refractivity contribution in [2.45, 2.75) is 30.8 Å². The third-order valence-corrected chi connectivity index (χ3v) is 6.02. The highest BCUT2D eigenvalue weighted by Gasteiger charge is 2.13. The van der Waals surface area contributed by atoms with Gasteiger partial charge < -0.3 is 22.1 Å². The van der Waals surface area contributed by atoms with Crippen molar-refractivity contribution in [1.82, 2.24) is 4.72 Å². The lowest BCUT2D eigenvalue weighted by Crippen LogP contribution is -2.28. The predicted octanol–water partition coefficient (Wildman–Crippen LogP) is 3.87. The minimum atomic E-state index is -0.695. The molecule has 8 heteroatoms. The summed E-state index contributed by atoms with van der Waals surface area (Å²) in [6, 6.07) is 23.3. The van der Waals surface area contributed by atoms with E-state index in [1.807, 2.05) is 43.3 Å². The first kappa shape index (κ1) is 24.2. The maximum atomic E-state index is 11.9. The maximum Gasteiger partial charge on any atom is 0.322 e. The van der Waals surface area contributed by atoms with Crippen molar-refractivity contribution in [1.29, 1.82) is 0 Å². The Morgan fingerprint density at radius 1 is 0.970 bits per heavy atom. The van der Waals surface area contributed by atoms with Gasteiger partial charge in [0.1, 0.15) is 0 Å². The molecule has 1 atom stereocenters. The summed E-state index contributed by atoms with van der Waals surface area (Å²) in [6.45, 7) is 3.65. The molecule has 33 heavy (non-hydrogen) atoms. The van der Waals surface area contributed by atoms with Gasteiger partial charge in [-0.2, -0.15) is 0 Å². The number of urea groups is 1. The van der Waals surface area contributed by atoms with Crippen LogP contribution in [0.15, 0.2) is 77.7 Å². The van der Waals surface area contributed by atoms with E-state index in [0.717, 1.165) is 48.3 Å². The zero-order valence-electron chi connectivity index (χ0n) is 18.5. The van der Waals surface area contributed by atoms with Crippen LogP contribution in [0.1, 0.15) is 29.3 Å². The molecule has 3 aromatic rings. The van der Waals surface area contributed by atoms with Crippen molar-refractivity contribution in [3.05, 3.63) is 83.9 Å². The lowest BCUT2D eigenvalue weighted by molar-refractivity contribution is 0.0997. The molecule has 0 radical (unpaired) electrons. The Morgan fingerprint density at radius 3 is 2.24 bits per heavy atom. The van der Waals surface area contributed by atoms with Gasteiger partial charge >= 0.3 is 6.03 Å². The topological polar surface area (TPSA) is 127 Å². The van der Waals surface area contributed by atoms with E-state index in [1.54, 1.807) is 12.1 Å². The minimum Gasteiger partial charge on any atom is -0.367 e. The van der Waals surface area contributed by atoms with Gasteiger partial charge in [-0.25, -0.2) is 4.79 Å². The monoisotopic (exact) mass is 463 g/mol. The van der Waals surface area contributed by atoms with Crippen LogP contribution in [-0.4, -0.2) is 24.5 Å². The number of rotatable bonds is 10. The maximum absolute atomic E-state index is 11.9. The number of hydrogen-bond acceptors (Lipinski definition) is 5. The second kappa shape index (κ2) is 11.4. The van der Waals surface area contributed by atoms with Crippen molar-refractivity contribution in [3.8, 4) is 11.1 Å². The van der Waals surface area contributed by atoms with Gasteiger partial charge in [0.15, 0.2) is 0 Å². The van der Waals surface area contributed by atoms with E-state index in [0.29, 0.717) is 10.5 Å². The number of nitrogens with two attached hydrogens (primary N) is 3. The first-order valence-corrected chi connectivity index (χ1v) is 11.5. The van der Waals surface area contributed by atoms with Crippen LogP contribution in [0.2, 0.25) is 0 Å². The number of amides is 3. The van der Waals surface area contributed by atoms with E-state index >= 15 is 0 Å². The Hall–Kier alpha value is -3.49. The largest absolute Gasteiger partial charge is 0.367 e. The van der Waals surface area contributed by atoms with Crippen LogP contribution in [0.5, 0.6) is 0 Å². The highest BCUT2D eigenvalue weighted by molar-refractivity contribution is 7.98. The van der Waals surface area contributed by atoms with E-state index in [1.165, 1.54) is 5.56 Å². The van der Waals surface area contributed by atoms with Gasteiger partial charge in [-0.15, -0.1) is 0 Å². The Labute approximate surface area is 198 Å². The fourth-order valence-corrected chi connectivity index (χ4v) is 4.04. The molecule has 0 aliphatic carbocycles. The third kappa shape index (κ3) is 7.00. The summed E-state index contributed by atoms with van der Waals surface area (Å²) in [7, 11) is 0. The van der Waals surface area contributed by atoms with Gasteiger partial charge in [-0.3, -0.25) is 9.52 Å². The standard InChI is InChI=1S/C25H29N5O2S/c1-17(26)13-14-30(16-18-5-3-2-4-6-18)21-10-7-19(8-11-21)20-9-12-23(33-29-25(28)32)22(15-20)24(27)31/h2-12,15,17H,13-14,16,26H2,1H3,(H2,27,31)(H3,28,29,32)/t17-/m0/s1. The molecule has 172 valence electrons. The first-order valence-electron chi connectivity index (χ1n) is 10.6. The summed E-state index contributed by atoms with van der Waals surface area (Å²) in [4.78, 5) is 25.8. The number of carbonyl (C=O) groups excluding carboxylic acids is 2. The second-order valence-electron chi connectivity index (χ2n) is 7.86. The molecule has 0 aliphatic heterocycles. The molecule has 0 unspecified atom stereocenters. The van der Waals surface area contributed by atoms with Crippen molar-refractivity contribution in [2.75, 3.05) is 11.4 Å². The quantitative estimate of drug-likeness (QED) is 0.339. The molecule has 3 amide bonds. The second-order valence-corrected chi connectivity index (χ2v) is 8.71. The third-order valence-electron chi connectivity index (χ3n) is 5.14. The predicted molar refractivity (Wildman–Crippen MR) is 135 cm³/mol. The Balaban J connectivity index is 1.84. The van der Waals surface area contributed by atoms with Gasteiger partial charge in [0.2, 0.25) is 5.91 Å². The molecule has 0 aliphatic rings. The lowest BCUT2D eigenvalue weighted by atomic mass is 10.0. The highest BCUT2D eigenvalue weighted by atomic mass is 32.2. The fraction of sp³-hybridized carbons (Fsp3) is 0.200. The van der Waals surface area contributed by atoms with E-state index in [9.17, 15) is 9.59 Å². The van der Waals surface area contributed by atoms with E-state index in [4.69, 9.17) is 17.2 Å². The molecule has 7 N–H and O–H groups in total. The Morgan fingerprint density at radius 2 is 1.64 bits per heavy atom. The van der Waals surface area contributed by atoms with Crippen LogP contribution in [-0.2, 0) is 6.54 Å². The van der Waals surface area contributed by atoms with Crippen LogP contribution < -0.4 is 26.8 Å². The van der Waals surface area contributed by atoms with E-state index in [-0.39, 0.29) is 6.04 Å². The highest BCUT2D eigenvalue weighted by Crippen LogP contribution is 2.29. The molecule has 0 fully saturated rings. The van der Waals surface area contributed by atoms with Crippen molar-refractivity contribution >= 4 is 29.6 Å². The molecular formula is C25H29N5O2S. The average Bonchev–Trinajstić information content (AvgIpc) is 2.81. The summed E-state index contributed by atoms with van der Waals surface area (Å²) in [5.41, 5.74) is 21.1. The fourth-order valence-electron chi connectivity index (χ4n) is 3.42. The molecule has 0 aromatic heterocycles. The zero-order chi connectivity index (χ0) is 23.8. The number of nitrogens with one attached hydrogen (secondary N) is 1. The SMILES string of the molecule is C[C@H](N)CCN(Cc1ccccc1)c1ccc(-c2ccc(SNC(N)=O)c(C(N)=O)c2)cc1. The summed E-state index contributed by atoms with van der Waals surface area (Å²) >= 11 is 0.960. The van der Waals surface area contributed by atoms with Crippen LogP contribution >= 0.6 is 11.9 Å². The molecule has 7 nitrogen and oxygen atoms in total. The molecule has 0 saturated heterocycles. The molecule has 0 spiro atoms. The van der Waals surface area contributed by atoms with Gasteiger partial charge in [0.05, 0.1) is 5.56 Å². The van der Waals surface area contributed by atoms with Gasteiger partial charge in [0, 0.05) is 29.7 Å². The lowest BCUT2D eigenvalue weighted by Gasteiger charge is -2.26. The first-order chi connectivity index (χ1) is 15.8. The summed E-state index contributed by atoms with van der Waals surface area (Å²) < 4.78 is 2.41. The smallest absolute Gasteiger partial charge is 0.322 e. The number of primary amides is 2. The van der Waals surface area contributed by atoms with Crippen molar-refractivity contribution < 1.29 is 9.59 Å². The van der Waals surface area contributed by atoms with Crippen molar-refractivity contribution in [2.24, 2.45) is 17.2 Å². The normalized spacial score (nSPS) is 11.6. The van der Waals surface area contributed by atoms with E-state index < -0.39 is 11.9 Å². The molecule has 0 heterocycles. The van der Waals surface area contributed by atoms with Crippen LogP contribution in [0.3, 0.4) is 0 Å². The molecule has 0 saturated carbocycles. The minimum absolute atomic E-state index is 0.121. The van der Waals surface area contributed by atoms with Crippen LogP contribution in [0, 0.1) is 0 Å². The summed E-state index contributed by atoms with van der Waals surface area (Å²) in [6.07, 6.45) is 0.884. The van der Waals surface area contributed by atoms with Gasteiger partial charge in [0.25, 0.3) is 0 Å². The van der Waals surface area contributed by atoms with Gasteiger partial charge in [-0.1, -0.05) is 48.5 Å². The number of anilines is 1.